The summed E-state index contributed by atoms with van der Waals surface area (Å²) in [6, 6.07) is 5.77. The Morgan fingerprint density at radius 1 is 1.29 bits per heavy atom. The minimum Gasteiger partial charge on any atom is -0.495 e. The molecule has 0 fully saturated rings. The van der Waals surface area contributed by atoms with Crippen LogP contribution in [0.25, 0.3) is 10.1 Å². The van der Waals surface area contributed by atoms with Crippen LogP contribution in [-0.2, 0) is 6.18 Å². The van der Waals surface area contributed by atoms with Gasteiger partial charge < -0.3 is 4.74 Å². The third-order valence-electron chi connectivity index (χ3n) is 2.21. The van der Waals surface area contributed by atoms with Gasteiger partial charge in [0.15, 0.2) is 0 Å². The summed E-state index contributed by atoms with van der Waals surface area (Å²) in [4.78, 5) is -0.694. The van der Waals surface area contributed by atoms with Crippen LogP contribution < -0.4 is 4.74 Å². The first-order valence-corrected chi connectivity index (χ1v) is 5.36. The Morgan fingerprint density at radius 3 is 2.53 bits per heavy atom. The van der Waals surface area contributed by atoms with Gasteiger partial charge in [0, 0.05) is 0 Å². The maximum atomic E-state index is 12.5. The summed E-state index contributed by atoms with van der Waals surface area (Å²) in [5.41, 5.74) is 0.279. The Bertz CT molecular complexity index is 609. The fourth-order valence-corrected chi connectivity index (χ4v) is 2.48. The highest BCUT2D eigenvalue weighted by molar-refractivity contribution is 7.19. The maximum absolute atomic E-state index is 12.5. The van der Waals surface area contributed by atoms with Gasteiger partial charge in [0.25, 0.3) is 0 Å². The fraction of sp³-hybridized carbons (Fsp3) is 0.182. The van der Waals surface area contributed by atoms with Gasteiger partial charge in [-0.25, -0.2) is 0 Å². The van der Waals surface area contributed by atoms with E-state index in [1.54, 1.807) is 0 Å². The van der Waals surface area contributed by atoms with Crippen molar-refractivity contribution in [2.24, 2.45) is 0 Å². The number of thiophene rings is 1. The molecule has 88 valence electrons. The SMILES string of the molecule is COc1cc(C#N)cc2cc(C(F)(F)F)sc12. The lowest BCUT2D eigenvalue weighted by atomic mass is 10.1. The molecule has 0 bridgehead atoms. The van der Waals surface area contributed by atoms with Crippen LogP contribution in [0.3, 0.4) is 0 Å². The van der Waals surface area contributed by atoms with E-state index >= 15 is 0 Å². The van der Waals surface area contributed by atoms with Crippen LogP contribution in [0.2, 0.25) is 0 Å². The highest BCUT2D eigenvalue weighted by atomic mass is 32.1. The molecule has 0 saturated carbocycles. The highest BCUT2D eigenvalue weighted by Gasteiger charge is 2.33. The molecular formula is C11H6F3NOS. The van der Waals surface area contributed by atoms with Gasteiger partial charge in [-0.1, -0.05) is 0 Å². The van der Waals surface area contributed by atoms with Crippen molar-refractivity contribution in [3.63, 3.8) is 0 Å². The average Bonchev–Trinajstić information content (AvgIpc) is 2.70. The van der Waals surface area contributed by atoms with Crippen molar-refractivity contribution in [1.82, 2.24) is 0 Å². The van der Waals surface area contributed by atoms with Gasteiger partial charge in [0.05, 0.1) is 23.4 Å². The van der Waals surface area contributed by atoms with Gasteiger partial charge >= 0.3 is 6.18 Å². The molecule has 0 N–H and O–H groups in total. The molecule has 1 aromatic heterocycles. The summed E-state index contributed by atoms with van der Waals surface area (Å²) >= 11 is 0.615. The zero-order valence-corrected chi connectivity index (χ0v) is 9.45. The van der Waals surface area contributed by atoms with Crippen molar-refractivity contribution in [1.29, 1.82) is 5.26 Å². The van der Waals surface area contributed by atoms with E-state index in [-0.39, 0.29) is 5.56 Å². The third kappa shape index (κ3) is 2.06. The van der Waals surface area contributed by atoms with Gasteiger partial charge in [-0.05, 0) is 23.6 Å². The number of fused-ring (bicyclic) bond motifs is 1. The van der Waals surface area contributed by atoms with Gasteiger partial charge in [-0.3, -0.25) is 0 Å². The molecule has 0 unspecified atom stereocenters. The van der Waals surface area contributed by atoms with Crippen molar-refractivity contribution >= 4 is 21.4 Å². The Balaban J connectivity index is 2.72. The van der Waals surface area contributed by atoms with Crippen molar-refractivity contribution < 1.29 is 17.9 Å². The van der Waals surface area contributed by atoms with Gasteiger partial charge in [0.1, 0.15) is 10.6 Å². The lowest BCUT2D eigenvalue weighted by molar-refractivity contribution is -0.134. The molecule has 0 aliphatic heterocycles. The molecule has 0 amide bonds. The maximum Gasteiger partial charge on any atom is 0.425 e. The topological polar surface area (TPSA) is 33.0 Å². The first kappa shape index (κ1) is 11.7. The van der Waals surface area contributed by atoms with Gasteiger partial charge in [0.2, 0.25) is 0 Å². The van der Waals surface area contributed by atoms with Crippen LogP contribution in [-0.4, -0.2) is 7.11 Å². The van der Waals surface area contributed by atoms with E-state index < -0.39 is 11.1 Å². The number of hydrogen-bond donors (Lipinski definition) is 0. The first-order chi connectivity index (χ1) is 7.95. The second kappa shape index (κ2) is 3.93. The summed E-state index contributed by atoms with van der Waals surface area (Å²) < 4.78 is 43.0. The predicted molar refractivity (Wildman–Crippen MR) is 58.1 cm³/mol. The van der Waals surface area contributed by atoms with Gasteiger partial charge in [-0.15, -0.1) is 11.3 Å². The van der Waals surface area contributed by atoms with E-state index in [4.69, 9.17) is 10.00 Å². The van der Waals surface area contributed by atoms with E-state index in [0.29, 0.717) is 27.2 Å². The summed E-state index contributed by atoms with van der Waals surface area (Å²) in [5.74, 6) is 0.291. The molecular weight excluding hydrogens is 251 g/mol. The molecule has 0 atom stereocenters. The Hall–Kier alpha value is -1.74. The number of rotatable bonds is 1. The van der Waals surface area contributed by atoms with Crippen molar-refractivity contribution in [3.8, 4) is 11.8 Å². The van der Waals surface area contributed by atoms with Crippen molar-refractivity contribution in [2.75, 3.05) is 7.11 Å². The average molecular weight is 257 g/mol. The van der Waals surface area contributed by atoms with E-state index in [2.05, 4.69) is 0 Å². The number of ether oxygens (including phenoxy) is 1. The molecule has 17 heavy (non-hydrogen) atoms. The van der Waals surface area contributed by atoms with E-state index in [1.807, 2.05) is 6.07 Å². The molecule has 0 spiro atoms. The molecule has 0 radical (unpaired) electrons. The number of nitrogens with zero attached hydrogens (tertiary/aromatic N) is 1. The summed E-state index contributed by atoms with van der Waals surface area (Å²) in [6.45, 7) is 0. The normalized spacial score (nSPS) is 11.5. The van der Waals surface area contributed by atoms with Crippen LogP contribution in [0.1, 0.15) is 10.4 Å². The van der Waals surface area contributed by atoms with E-state index in [1.165, 1.54) is 19.2 Å². The number of hydrogen-bond acceptors (Lipinski definition) is 3. The minimum atomic E-state index is -4.37. The molecule has 1 heterocycles. The smallest absolute Gasteiger partial charge is 0.425 e. The number of nitriles is 1. The molecule has 6 heteroatoms. The van der Waals surface area contributed by atoms with E-state index in [9.17, 15) is 13.2 Å². The fourth-order valence-electron chi connectivity index (χ4n) is 1.48. The number of halogens is 3. The molecule has 2 rings (SSSR count). The molecule has 2 aromatic rings. The monoisotopic (exact) mass is 257 g/mol. The Kier molecular flexibility index (Phi) is 2.71. The quantitative estimate of drug-likeness (QED) is 0.778. The lowest BCUT2D eigenvalue weighted by Gasteiger charge is -2.01. The largest absolute Gasteiger partial charge is 0.495 e. The van der Waals surface area contributed by atoms with Gasteiger partial charge in [-0.2, -0.15) is 18.4 Å². The van der Waals surface area contributed by atoms with E-state index in [0.717, 1.165) is 6.07 Å². The van der Waals surface area contributed by atoms with Crippen LogP contribution in [0.15, 0.2) is 18.2 Å². The second-order valence-electron chi connectivity index (χ2n) is 3.32. The van der Waals surface area contributed by atoms with Crippen LogP contribution in [0.4, 0.5) is 13.2 Å². The lowest BCUT2D eigenvalue weighted by Crippen LogP contribution is -2.00. The number of benzene rings is 1. The molecule has 0 aliphatic carbocycles. The zero-order valence-electron chi connectivity index (χ0n) is 8.63. The Labute approximate surface area is 98.9 Å². The molecule has 0 saturated heterocycles. The standard InChI is InChI=1S/C11H6F3NOS/c1-16-8-3-6(5-15)2-7-4-9(11(12,13)14)17-10(7)8/h2-4H,1H3. The number of methoxy groups -OCH3 is 1. The summed E-state index contributed by atoms with van der Waals surface area (Å²) in [5, 5.41) is 9.13. The third-order valence-corrected chi connectivity index (χ3v) is 3.42. The second-order valence-corrected chi connectivity index (χ2v) is 4.37. The molecule has 2 nitrogen and oxygen atoms in total. The van der Waals surface area contributed by atoms with Crippen molar-refractivity contribution in [2.45, 2.75) is 6.18 Å². The zero-order chi connectivity index (χ0) is 12.6. The summed E-state index contributed by atoms with van der Waals surface area (Å²) in [7, 11) is 1.36. The van der Waals surface area contributed by atoms with Crippen LogP contribution in [0.5, 0.6) is 5.75 Å². The summed E-state index contributed by atoms with van der Waals surface area (Å²) in [6.07, 6.45) is -4.37. The number of alkyl halides is 3. The molecule has 1 aromatic carbocycles. The Morgan fingerprint density at radius 2 is 2.00 bits per heavy atom. The highest BCUT2D eigenvalue weighted by Crippen LogP contribution is 2.41. The minimum absolute atomic E-state index is 0.279. The molecule has 0 aliphatic rings. The first-order valence-electron chi connectivity index (χ1n) is 4.54. The van der Waals surface area contributed by atoms with Crippen LogP contribution >= 0.6 is 11.3 Å². The predicted octanol–water partition coefficient (Wildman–Crippen LogP) is 3.80. The van der Waals surface area contributed by atoms with Crippen molar-refractivity contribution in [3.05, 3.63) is 28.6 Å². The van der Waals surface area contributed by atoms with Crippen LogP contribution in [0, 0.1) is 11.3 Å².